The second-order valence-electron chi connectivity index (χ2n) is 6.36. The van der Waals surface area contributed by atoms with Crippen LogP contribution in [0.25, 0.3) is 0 Å². The van der Waals surface area contributed by atoms with Crippen molar-refractivity contribution < 1.29 is 23.1 Å². The van der Waals surface area contributed by atoms with E-state index in [1.54, 1.807) is 20.8 Å². The van der Waals surface area contributed by atoms with Gasteiger partial charge in [-0.1, -0.05) is 0 Å². The molecule has 0 bridgehead atoms. The normalized spacial score (nSPS) is 17.8. The zero-order valence-corrected chi connectivity index (χ0v) is 13.7. The van der Waals surface area contributed by atoms with Gasteiger partial charge in [0.2, 0.25) is 15.0 Å². The fraction of sp³-hybridized carbons (Fsp3) is 0.615. The first-order valence-corrected chi connectivity index (χ1v) is 8.54. The molecule has 0 saturated carbocycles. The molecule has 22 heavy (non-hydrogen) atoms. The Hall–Kier alpha value is -1.74. The third kappa shape index (κ3) is 3.53. The minimum atomic E-state index is -3.56. The van der Waals surface area contributed by atoms with Crippen LogP contribution in [0.3, 0.4) is 0 Å². The van der Waals surface area contributed by atoms with Gasteiger partial charge >= 0.3 is 6.09 Å². The third-order valence-corrected chi connectivity index (χ3v) is 3.86. The van der Waals surface area contributed by atoms with E-state index < -0.39 is 27.1 Å². The average Bonchev–Trinajstić information content (AvgIpc) is 2.32. The summed E-state index contributed by atoms with van der Waals surface area (Å²) in [5, 5.41) is 10.1. The molecular formula is C13H19N3O5S. The van der Waals surface area contributed by atoms with Gasteiger partial charge in [-0.25, -0.2) is 23.2 Å². The highest BCUT2D eigenvalue weighted by molar-refractivity contribution is 7.90. The molecule has 2 rings (SSSR count). The molecule has 2 heterocycles. The minimum Gasteiger partial charge on any atom is -0.444 e. The molecule has 0 spiro atoms. The van der Waals surface area contributed by atoms with Crippen molar-refractivity contribution in [2.24, 2.45) is 0 Å². The molecule has 0 unspecified atom stereocenters. The zero-order valence-electron chi connectivity index (χ0n) is 12.9. The number of hydrogen-bond acceptors (Lipinski definition) is 7. The summed E-state index contributed by atoms with van der Waals surface area (Å²) in [6, 6.07) is 1.43. The molecule has 8 nitrogen and oxygen atoms in total. The number of rotatable bonds is 2. The lowest BCUT2D eigenvalue weighted by Crippen LogP contribution is -2.62. The molecular weight excluding hydrogens is 310 g/mol. The fourth-order valence-electron chi connectivity index (χ4n) is 1.98. The van der Waals surface area contributed by atoms with Crippen LogP contribution in [0.4, 0.5) is 4.79 Å². The lowest BCUT2D eigenvalue weighted by atomic mass is 9.91. The molecule has 1 N–H and O–H groups in total. The van der Waals surface area contributed by atoms with Gasteiger partial charge in [0.15, 0.2) is 0 Å². The standard InChI is InChI=1S/C13H19N3O5S/c1-12(2,3)21-11(17)16-7-13(18,8-16)9-5-6-14-10(15-9)22(4,19)20/h5-6,18H,7-8H2,1-4H3. The van der Waals surface area contributed by atoms with Gasteiger partial charge in [0.1, 0.15) is 11.2 Å². The second-order valence-corrected chi connectivity index (χ2v) is 8.27. The maximum atomic E-state index is 11.9. The van der Waals surface area contributed by atoms with E-state index in [-0.39, 0.29) is 23.9 Å². The van der Waals surface area contributed by atoms with E-state index in [0.717, 1.165) is 6.26 Å². The largest absolute Gasteiger partial charge is 0.444 e. The predicted molar refractivity (Wildman–Crippen MR) is 76.8 cm³/mol. The Morgan fingerprint density at radius 3 is 2.50 bits per heavy atom. The quantitative estimate of drug-likeness (QED) is 0.778. The van der Waals surface area contributed by atoms with Crippen LogP contribution in [-0.4, -0.2) is 59.4 Å². The summed E-state index contributed by atoms with van der Waals surface area (Å²) < 4.78 is 28.1. The van der Waals surface area contributed by atoms with Gasteiger partial charge in [-0.2, -0.15) is 0 Å². The van der Waals surface area contributed by atoms with Gasteiger partial charge in [0.05, 0.1) is 18.8 Å². The molecule has 0 radical (unpaired) electrons. The summed E-state index contributed by atoms with van der Waals surface area (Å²) in [7, 11) is -3.56. The number of likely N-dealkylation sites (tertiary alicyclic amines) is 1. The average molecular weight is 329 g/mol. The molecule has 122 valence electrons. The van der Waals surface area contributed by atoms with E-state index >= 15 is 0 Å². The zero-order chi connectivity index (χ0) is 16.8. The summed E-state index contributed by atoms with van der Waals surface area (Å²) in [6.07, 6.45) is 1.73. The first-order chi connectivity index (χ1) is 9.91. The van der Waals surface area contributed by atoms with E-state index in [4.69, 9.17) is 4.74 Å². The minimum absolute atomic E-state index is 0.0118. The molecule has 1 aromatic heterocycles. The van der Waals surface area contributed by atoms with Crippen LogP contribution < -0.4 is 0 Å². The van der Waals surface area contributed by atoms with Crippen molar-refractivity contribution >= 4 is 15.9 Å². The van der Waals surface area contributed by atoms with E-state index in [0.29, 0.717) is 0 Å². The van der Waals surface area contributed by atoms with E-state index in [1.807, 2.05) is 0 Å². The van der Waals surface area contributed by atoms with Crippen molar-refractivity contribution in [3.05, 3.63) is 18.0 Å². The number of nitrogens with zero attached hydrogens (tertiary/aromatic N) is 3. The van der Waals surface area contributed by atoms with Crippen LogP contribution in [0.15, 0.2) is 17.4 Å². The number of sulfone groups is 1. The van der Waals surface area contributed by atoms with E-state index in [2.05, 4.69) is 9.97 Å². The molecule has 0 aromatic carbocycles. The number of ether oxygens (including phenoxy) is 1. The van der Waals surface area contributed by atoms with Crippen LogP contribution in [0, 0.1) is 0 Å². The van der Waals surface area contributed by atoms with Crippen molar-refractivity contribution in [1.82, 2.24) is 14.9 Å². The van der Waals surface area contributed by atoms with Crippen molar-refractivity contribution in [2.75, 3.05) is 19.3 Å². The third-order valence-electron chi connectivity index (χ3n) is 3.00. The summed E-state index contributed by atoms with van der Waals surface area (Å²) in [6.45, 7) is 5.23. The lowest BCUT2D eigenvalue weighted by molar-refractivity contribution is -0.106. The number of aromatic nitrogens is 2. The van der Waals surface area contributed by atoms with Gasteiger partial charge in [-0.05, 0) is 26.8 Å². The molecule has 1 saturated heterocycles. The van der Waals surface area contributed by atoms with Gasteiger partial charge < -0.3 is 14.7 Å². The van der Waals surface area contributed by atoms with Crippen LogP contribution >= 0.6 is 0 Å². The molecule has 1 aromatic rings. The smallest absolute Gasteiger partial charge is 0.410 e. The number of β-amino-alcohol motifs (C(OH)–C–C–N with tert-alkyl or cyclic N) is 1. The molecule has 9 heteroatoms. The summed E-state index contributed by atoms with van der Waals surface area (Å²) in [4.78, 5) is 20.7. The lowest BCUT2D eigenvalue weighted by Gasteiger charge is -2.45. The number of carbonyl (C=O) groups is 1. The van der Waals surface area contributed by atoms with Crippen LogP contribution in [0.1, 0.15) is 26.5 Å². The molecule has 1 aliphatic rings. The van der Waals surface area contributed by atoms with E-state index in [1.165, 1.54) is 17.2 Å². The molecule has 0 aliphatic carbocycles. The van der Waals surface area contributed by atoms with Gasteiger partial charge in [-0.15, -0.1) is 0 Å². The highest BCUT2D eigenvalue weighted by Gasteiger charge is 2.47. The molecule has 0 atom stereocenters. The Morgan fingerprint density at radius 1 is 1.41 bits per heavy atom. The SMILES string of the molecule is CC(C)(C)OC(=O)N1CC(O)(c2ccnc(S(C)(=O)=O)n2)C1. The van der Waals surface area contributed by atoms with Gasteiger partial charge in [0, 0.05) is 12.5 Å². The van der Waals surface area contributed by atoms with Crippen molar-refractivity contribution in [3.63, 3.8) is 0 Å². The number of carbonyl (C=O) groups excluding carboxylic acids is 1. The maximum Gasteiger partial charge on any atom is 0.410 e. The first-order valence-electron chi connectivity index (χ1n) is 6.65. The Labute approximate surface area is 129 Å². The fourth-order valence-corrected chi connectivity index (χ4v) is 2.50. The van der Waals surface area contributed by atoms with Gasteiger partial charge in [-0.3, -0.25) is 0 Å². The van der Waals surface area contributed by atoms with Gasteiger partial charge in [0.25, 0.3) is 0 Å². The molecule has 1 fully saturated rings. The first kappa shape index (κ1) is 16.6. The topological polar surface area (TPSA) is 110 Å². The summed E-state index contributed by atoms with van der Waals surface area (Å²) in [5.74, 6) is 0. The van der Waals surface area contributed by atoms with Crippen molar-refractivity contribution in [3.8, 4) is 0 Å². The Balaban J connectivity index is 2.12. The summed E-state index contributed by atoms with van der Waals surface area (Å²) in [5.41, 5.74) is -1.84. The second kappa shape index (κ2) is 5.17. The molecule has 1 aliphatic heterocycles. The predicted octanol–water partition coefficient (Wildman–Crippen LogP) is 0.318. The monoisotopic (exact) mass is 329 g/mol. The van der Waals surface area contributed by atoms with E-state index in [9.17, 15) is 18.3 Å². The van der Waals surface area contributed by atoms with Crippen molar-refractivity contribution in [1.29, 1.82) is 0 Å². The Kier molecular flexibility index (Phi) is 3.90. The highest BCUT2D eigenvalue weighted by Crippen LogP contribution is 2.31. The highest BCUT2D eigenvalue weighted by atomic mass is 32.2. The van der Waals surface area contributed by atoms with Crippen LogP contribution in [0.2, 0.25) is 0 Å². The molecule has 1 amide bonds. The number of hydrogen-bond donors (Lipinski definition) is 1. The maximum absolute atomic E-state index is 11.9. The number of amides is 1. The van der Waals surface area contributed by atoms with Crippen molar-refractivity contribution in [2.45, 2.75) is 37.1 Å². The Morgan fingerprint density at radius 2 is 2.00 bits per heavy atom. The van der Waals surface area contributed by atoms with Crippen LogP contribution in [-0.2, 0) is 20.2 Å². The summed E-state index contributed by atoms with van der Waals surface area (Å²) >= 11 is 0. The number of aliphatic hydroxyl groups is 1. The Bertz CT molecular complexity index is 690. The van der Waals surface area contributed by atoms with Crippen LogP contribution in [0.5, 0.6) is 0 Å².